The maximum Gasteiger partial charge on any atom is 0.0317 e. The molecule has 2 N–H and O–H groups in total. The van der Waals surface area contributed by atoms with E-state index in [1.807, 2.05) is 12.1 Å². The van der Waals surface area contributed by atoms with Crippen LogP contribution in [0.3, 0.4) is 0 Å². The summed E-state index contributed by atoms with van der Waals surface area (Å²) < 4.78 is 0. The first-order valence-electron chi connectivity index (χ1n) is 7.88. The van der Waals surface area contributed by atoms with E-state index in [0.717, 1.165) is 25.3 Å². The van der Waals surface area contributed by atoms with Crippen molar-refractivity contribution in [3.63, 3.8) is 0 Å². The van der Waals surface area contributed by atoms with Gasteiger partial charge in [0.1, 0.15) is 0 Å². The molecule has 0 bridgehead atoms. The maximum absolute atomic E-state index is 5.84. The number of nitrogens with zero attached hydrogens (tertiary/aromatic N) is 1. The quantitative estimate of drug-likeness (QED) is 0.583. The van der Waals surface area contributed by atoms with Crippen LogP contribution in [0.2, 0.25) is 0 Å². The highest BCUT2D eigenvalue weighted by molar-refractivity contribution is 5.40. The first-order chi connectivity index (χ1) is 10.3. The van der Waals surface area contributed by atoms with Crippen molar-refractivity contribution >= 4 is 5.69 Å². The van der Waals surface area contributed by atoms with Gasteiger partial charge in [0, 0.05) is 12.2 Å². The number of benzene rings is 2. The van der Waals surface area contributed by atoms with Crippen LogP contribution in [0, 0.1) is 0 Å². The van der Waals surface area contributed by atoms with Crippen LogP contribution in [-0.2, 0) is 13.0 Å². The number of hydrogen-bond acceptors (Lipinski definition) is 2. The first kappa shape index (κ1) is 15.6. The van der Waals surface area contributed by atoms with E-state index < -0.39 is 0 Å². The van der Waals surface area contributed by atoms with Crippen molar-refractivity contribution in [2.24, 2.45) is 0 Å². The molecule has 2 rings (SSSR count). The van der Waals surface area contributed by atoms with Gasteiger partial charge in [-0.3, -0.25) is 4.90 Å². The summed E-state index contributed by atoms with van der Waals surface area (Å²) in [5.74, 6) is 0. The molecule has 0 spiro atoms. The average molecular weight is 282 g/mol. The molecule has 2 aromatic carbocycles. The Kier molecular flexibility index (Phi) is 6.29. The summed E-state index contributed by atoms with van der Waals surface area (Å²) in [6.07, 6.45) is 3.67. The van der Waals surface area contributed by atoms with Crippen molar-refractivity contribution in [2.75, 3.05) is 18.8 Å². The monoisotopic (exact) mass is 282 g/mol. The van der Waals surface area contributed by atoms with Gasteiger partial charge in [-0.2, -0.15) is 0 Å². The zero-order chi connectivity index (χ0) is 14.9. The summed E-state index contributed by atoms with van der Waals surface area (Å²) in [4.78, 5) is 2.49. The average Bonchev–Trinajstić information content (AvgIpc) is 2.51. The largest absolute Gasteiger partial charge is 0.399 e. The number of nitrogen functional groups attached to an aromatic ring is 1. The Morgan fingerprint density at radius 1 is 0.905 bits per heavy atom. The number of nitrogens with two attached hydrogens (primary N) is 1. The van der Waals surface area contributed by atoms with E-state index in [9.17, 15) is 0 Å². The molecule has 0 unspecified atom stereocenters. The molecule has 112 valence electrons. The van der Waals surface area contributed by atoms with E-state index >= 15 is 0 Å². The molecule has 2 nitrogen and oxygen atoms in total. The van der Waals surface area contributed by atoms with E-state index in [4.69, 9.17) is 5.73 Å². The Morgan fingerprint density at radius 2 is 1.67 bits per heavy atom. The lowest BCUT2D eigenvalue weighted by Gasteiger charge is -2.20. The van der Waals surface area contributed by atoms with Crippen LogP contribution < -0.4 is 5.73 Å². The summed E-state index contributed by atoms with van der Waals surface area (Å²) in [6, 6.07) is 19.0. The van der Waals surface area contributed by atoms with Gasteiger partial charge in [0.2, 0.25) is 0 Å². The number of anilines is 1. The van der Waals surface area contributed by atoms with Gasteiger partial charge in [-0.1, -0.05) is 49.4 Å². The van der Waals surface area contributed by atoms with E-state index in [0.29, 0.717) is 0 Å². The number of aryl methyl sites for hydroxylation is 1. The minimum absolute atomic E-state index is 0.854. The number of unbranched alkanes of at least 4 members (excludes halogenated alkanes) is 1. The van der Waals surface area contributed by atoms with Crippen molar-refractivity contribution in [1.82, 2.24) is 4.90 Å². The van der Waals surface area contributed by atoms with Crippen LogP contribution >= 0.6 is 0 Å². The van der Waals surface area contributed by atoms with Crippen LogP contribution in [0.4, 0.5) is 5.69 Å². The fourth-order valence-electron chi connectivity index (χ4n) is 2.61. The number of rotatable bonds is 8. The van der Waals surface area contributed by atoms with Gasteiger partial charge in [0.05, 0.1) is 0 Å². The van der Waals surface area contributed by atoms with Crippen molar-refractivity contribution in [1.29, 1.82) is 0 Å². The Morgan fingerprint density at radius 3 is 2.38 bits per heavy atom. The minimum Gasteiger partial charge on any atom is -0.399 e. The van der Waals surface area contributed by atoms with Gasteiger partial charge in [0.25, 0.3) is 0 Å². The second-order valence-electron chi connectivity index (χ2n) is 5.56. The molecule has 0 radical (unpaired) electrons. The van der Waals surface area contributed by atoms with Crippen molar-refractivity contribution in [3.05, 3.63) is 65.7 Å². The van der Waals surface area contributed by atoms with E-state index in [1.165, 1.54) is 30.4 Å². The zero-order valence-corrected chi connectivity index (χ0v) is 13.0. The van der Waals surface area contributed by atoms with Gasteiger partial charge in [-0.05, 0) is 55.6 Å². The van der Waals surface area contributed by atoms with Gasteiger partial charge in [-0.15, -0.1) is 0 Å². The van der Waals surface area contributed by atoms with Crippen LogP contribution in [0.15, 0.2) is 54.6 Å². The lowest BCUT2D eigenvalue weighted by atomic mass is 10.1. The third-order valence-corrected chi connectivity index (χ3v) is 3.84. The van der Waals surface area contributed by atoms with Gasteiger partial charge >= 0.3 is 0 Å². The molecule has 0 aliphatic rings. The highest BCUT2D eigenvalue weighted by Gasteiger charge is 2.04. The van der Waals surface area contributed by atoms with Crippen molar-refractivity contribution in [2.45, 2.75) is 32.7 Å². The third kappa shape index (κ3) is 5.60. The molecular weight excluding hydrogens is 256 g/mol. The Balaban J connectivity index is 1.72. The normalized spacial score (nSPS) is 11.0. The predicted molar refractivity (Wildman–Crippen MR) is 91.2 cm³/mol. The van der Waals surface area contributed by atoms with Crippen LogP contribution in [0.1, 0.15) is 30.9 Å². The van der Waals surface area contributed by atoms with Gasteiger partial charge < -0.3 is 5.73 Å². The molecule has 2 aromatic rings. The molecule has 0 amide bonds. The fraction of sp³-hybridized carbons (Fsp3) is 0.368. The van der Waals surface area contributed by atoms with E-state index in [2.05, 4.69) is 54.3 Å². The summed E-state index contributed by atoms with van der Waals surface area (Å²) in [5.41, 5.74) is 9.44. The molecule has 0 aliphatic carbocycles. The molecule has 2 heteroatoms. The summed E-state index contributed by atoms with van der Waals surface area (Å²) >= 11 is 0. The van der Waals surface area contributed by atoms with Crippen molar-refractivity contribution in [3.8, 4) is 0 Å². The molecule has 0 aliphatic heterocycles. The summed E-state index contributed by atoms with van der Waals surface area (Å²) in [5, 5.41) is 0. The van der Waals surface area contributed by atoms with Crippen LogP contribution in [-0.4, -0.2) is 18.0 Å². The van der Waals surface area contributed by atoms with Gasteiger partial charge in [0.15, 0.2) is 0 Å². The smallest absolute Gasteiger partial charge is 0.0317 e. The highest BCUT2D eigenvalue weighted by Crippen LogP contribution is 2.11. The predicted octanol–water partition coefficient (Wildman–Crippen LogP) is 4.11. The van der Waals surface area contributed by atoms with Crippen LogP contribution in [0.5, 0.6) is 0 Å². The summed E-state index contributed by atoms with van der Waals surface area (Å²) in [6.45, 7) is 5.45. The molecule has 0 saturated carbocycles. The first-order valence-corrected chi connectivity index (χ1v) is 7.88. The van der Waals surface area contributed by atoms with Crippen molar-refractivity contribution < 1.29 is 0 Å². The fourth-order valence-corrected chi connectivity index (χ4v) is 2.61. The molecule has 0 fully saturated rings. The maximum atomic E-state index is 5.84. The summed E-state index contributed by atoms with van der Waals surface area (Å²) in [7, 11) is 0. The molecule has 0 atom stereocenters. The molecule has 0 saturated heterocycles. The topological polar surface area (TPSA) is 29.3 Å². The zero-order valence-electron chi connectivity index (χ0n) is 13.0. The molecule has 0 aromatic heterocycles. The number of hydrogen-bond donors (Lipinski definition) is 1. The SMILES string of the molecule is CCN(CCCCc1ccccc1)Cc1cccc(N)c1. The Labute approximate surface area is 128 Å². The molecule has 21 heavy (non-hydrogen) atoms. The van der Waals surface area contributed by atoms with Crippen LogP contribution in [0.25, 0.3) is 0 Å². The van der Waals surface area contributed by atoms with E-state index in [1.54, 1.807) is 0 Å². The second kappa shape index (κ2) is 8.48. The Hall–Kier alpha value is -1.80. The lowest BCUT2D eigenvalue weighted by molar-refractivity contribution is 0.274. The third-order valence-electron chi connectivity index (χ3n) is 3.84. The van der Waals surface area contributed by atoms with E-state index in [-0.39, 0.29) is 0 Å². The Bertz CT molecular complexity index is 522. The van der Waals surface area contributed by atoms with Gasteiger partial charge in [-0.25, -0.2) is 0 Å². The molecule has 0 heterocycles. The standard InChI is InChI=1S/C19H26N2/c1-2-21(16-18-12-8-13-19(20)15-18)14-7-6-11-17-9-4-3-5-10-17/h3-5,8-10,12-13,15H,2,6-7,11,14,16,20H2,1H3. The molecular formula is C19H26N2. The second-order valence-corrected chi connectivity index (χ2v) is 5.56. The lowest BCUT2D eigenvalue weighted by Crippen LogP contribution is -2.24. The minimum atomic E-state index is 0.854. The highest BCUT2D eigenvalue weighted by atomic mass is 15.1.